The maximum atomic E-state index is 2.33. The number of hydrogen-bond donors (Lipinski definition) is 0. The lowest BCUT2D eigenvalue weighted by molar-refractivity contribution is 1.59. The van der Waals surface area contributed by atoms with Crippen molar-refractivity contribution in [2.45, 2.75) is 0 Å². The molecular weight excluding hydrogens is 528 g/mol. The molecule has 8 rings (SSSR count). The molecule has 0 bridgehead atoms. The van der Waals surface area contributed by atoms with Crippen molar-refractivity contribution >= 4 is 44.5 Å². The second-order valence-electron chi connectivity index (χ2n) is 11.3. The Morgan fingerprint density at radius 1 is 0.273 bits per heavy atom. The van der Waals surface area contributed by atoms with Gasteiger partial charge in [0, 0.05) is 0 Å². The van der Waals surface area contributed by atoms with Gasteiger partial charge in [0.25, 0.3) is 0 Å². The maximum Gasteiger partial charge on any atom is -0.00262 e. The van der Waals surface area contributed by atoms with E-state index in [-0.39, 0.29) is 0 Å². The lowest BCUT2D eigenvalue weighted by Gasteiger charge is -2.18. The Kier molecular flexibility index (Phi) is 6.59. The maximum absolute atomic E-state index is 2.33. The van der Waals surface area contributed by atoms with Crippen LogP contribution in [0.2, 0.25) is 0 Å². The first-order valence-corrected chi connectivity index (χ1v) is 15.2. The van der Waals surface area contributed by atoms with Crippen LogP contribution < -0.4 is 0 Å². The molecule has 0 N–H and O–H groups in total. The van der Waals surface area contributed by atoms with Gasteiger partial charge < -0.3 is 0 Å². The van der Waals surface area contributed by atoms with E-state index in [0.29, 0.717) is 0 Å². The molecule has 206 valence electrons. The Labute approximate surface area is 258 Å². The number of rotatable bonds is 5. The molecule has 0 aliphatic heterocycles. The van der Waals surface area contributed by atoms with Crippen molar-refractivity contribution in [3.63, 3.8) is 0 Å². The lowest BCUT2D eigenvalue weighted by atomic mass is 9.85. The highest BCUT2D eigenvalue weighted by Crippen LogP contribution is 2.44. The van der Waals surface area contributed by atoms with E-state index in [9.17, 15) is 0 Å². The van der Waals surface area contributed by atoms with Gasteiger partial charge in [-0.15, -0.1) is 0 Å². The summed E-state index contributed by atoms with van der Waals surface area (Å²) < 4.78 is 0. The molecule has 0 nitrogen and oxygen atoms in total. The zero-order valence-electron chi connectivity index (χ0n) is 24.3. The molecule has 0 aliphatic rings. The Morgan fingerprint density at radius 3 is 1.45 bits per heavy atom. The first-order valence-electron chi connectivity index (χ1n) is 15.2. The summed E-state index contributed by atoms with van der Waals surface area (Å²) in [6, 6.07) is 61.5. The van der Waals surface area contributed by atoms with E-state index in [1.807, 2.05) is 6.07 Å². The van der Waals surface area contributed by atoms with E-state index in [2.05, 4.69) is 176 Å². The van der Waals surface area contributed by atoms with Crippen molar-refractivity contribution in [1.29, 1.82) is 0 Å². The van der Waals surface area contributed by atoms with Crippen LogP contribution in [-0.2, 0) is 0 Å². The van der Waals surface area contributed by atoms with Crippen LogP contribution in [0, 0.1) is 0 Å². The summed E-state index contributed by atoms with van der Waals surface area (Å²) >= 11 is 0. The molecule has 0 atom stereocenters. The lowest BCUT2D eigenvalue weighted by Crippen LogP contribution is -1.91. The first-order chi connectivity index (χ1) is 21.8. The van der Waals surface area contributed by atoms with E-state index in [0.717, 1.165) is 0 Å². The van der Waals surface area contributed by atoms with E-state index in [1.54, 1.807) is 0 Å². The zero-order valence-corrected chi connectivity index (χ0v) is 24.3. The van der Waals surface area contributed by atoms with Crippen LogP contribution in [0.15, 0.2) is 170 Å². The van der Waals surface area contributed by atoms with Crippen LogP contribution in [0.3, 0.4) is 0 Å². The monoisotopic (exact) mass is 558 g/mol. The van der Waals surface area contributed by atoms with Gasteiger partial charge in [-0.2, -0.15) is 0 Å². The normalized spacial score (nSPS) is 11.5. The predicted octanol–water partition coefficient (Wildman–Crippen LogP) is 12.3. The molecule has 0 saturated heterocycles. The summed E-state index contributed by atoms with van der Waals surface area (Å²) in [7, 11) is 0. The van der Waals surface area contributed by atoms with Crippen LogP contribution in [0.4, 0.5) is 0 Å². The largest absolute Gasteiger partial charge is 0.0622 e. The predicted molar refractivity (Wildman–Crippen MR) is 191 cm³/mol. The fraction of sp³-hybridized carbons (Fsp3) is 0. The van der Waals surface area contributed by atoms with Crippen LogP contribution in [0.5, 0.6) is 0 Å². The summed E-state index contributed by atoms with van der Waals surface area (Å²) in [4.78, 5) is 0. The highest BCUT2D eigenvalue weighted by atomic mass is 14.2. The van der Waals surface area contributed by atoms with Crippen molar-refractivity contribution < 1.29 is 0 Å². The van der Waals surface area contributed by atoms with Crippen LogP contribution in [-0.4, -0.2) is 0 Å². The number of benzene rings is 8. The highest BCUT2D eigenvalue weighted by molar-refractivity contribution is 6.21. The third-order valence-electron chi connectivity index (χ3n) is 8.63. The van der Waals surface area contributed by atoms with Gasteiger partial charge in [-0.05, 0) is 89.0 Å². The minimum Gasteiger partial charge on any atom is -0.0622 e. The first kappa shape index (κ1) is 25.9. The summed E-state index contributed by atoms with van der Waals surface area (Å²) in [5.41, 5.74) is 9.88. The number of hydrogen-bond acceptors (Lipinski definition) is 0. The molecule has 0 fully saturated rings. The molecule has 44 heavy (non-hydrogen) atoms. The quantitative estimate of drug-likeness (QED) is 0.146. The van der Waals surface area contributed by atoms with Crippen LogP contribution in [0.1, 0.15) is 11.1 Å². The molecule has 0 radical (unpaired) electrons. The fourth-order valence-corrected chi connectivity index (χ4v) is 6.50. The number of fused-ring (bicyclic) bond motifs is 3. The standard InChI is InChI=1S/C44H30/c1-2-11-31(12-3-1)21-22-32-13-10-16-36(29-32)34-23-26-35(27-24-34)43-39-17-6-8-19-41(39)44(42-20-9-7-18-40(42)43)38-28-25-33-14-4-5-15-37(33)30-38/h1-30H/b22-21+. The molecule has 8 aromatic carbocycles. The van der Waals surface area contributed by atoms with Gasteiger partial charge in [-0.25, -0.2) is 0 Å². The minimum absolute atomic E-state index is 1.19. The fourth-order valence-electron chi connectivity index (χ4n) is 6.50. The minimum atomic E-state index is 1.19. The van der Waals surface area contributed by atoms with Crippen molar-refractivity contribution in [2.24, 2.45) is 0 Å². The smallest absolute Gasteiger partial charge is 0.00262 e. The van der Waals surface area contributed by atoms with Gasteiger partial charge in [-0.3, -0.25) is 0 Å². The molecular formula is C44H30. The molecule has 0 spiro atoms. The van der Waals surface area contributed by atoms with E-state index < -0.39 is 0 Å². The Hall–Kier alpha value is -5.72. The van der Waals surface area contributed by atoms with Crippen LogP contribution >= 0.6 is 0 Å². The van der Waals surface area contributed by atoms with E-state index >= 15 is 0 Å². The summed E-state index contributed by atoms with van der Waals surface area (Å²) in [5, 5.41) is 7.62. The Bertz CT molecular complexity index is 2250. The van der Waals surface area contributed by atoms with Gasteiger partial charge >= 0.3 is 0 Å². The summed E-state index contributed by atoms with van der Waals surface area (Å²) in [6.45, 7) is 0. The van der Waals surface area contributed by atoms with Crippen molar-refractivity contribution in [2.75, 3.05) is 0 Å². The van der Waals surface area contributed by atoms with Gasteiger partial charge in [0.15, 0.2) is 0 Å². The highest BCUT2D eigenvalue weighted by Gasteiger charge is 2.16. The summed E-state index contributed by atoms with van der Waals surface area (Å²) in [5.74, 6) is 0. The van der Waals surface area contributed by atoms with Gasteiger partial charge in [0.1, 0.15) is 0 Å². The van der Waals surface area contributed by atoms with E-state index in [4.69, 9.17) is 0 Å². The molecule has 0 unspecified atom stereocenters. The van der Waals surface area contributed by atoms with Crippen molar-refractivity contribution in [3.8, 4) is 33.4 Å². The SMILES string of the molecule is C(=C\c1cccc(-c2ccc(-c3c4ccccc4c(-c4ccc5ccccc5c4)c4ccccc34)cc2)c1)/c1ccccc1. The average molecular weight is 559 g/mol. The second kappa shape index (κ2) is 11.2. The topological polar surface area (TPSA) is 0 Å². The third-order valence-corrected chi connectivity index (χ3v) is 8.63. The summed E-state index contributed by atoms with van der Waals surface area (Å²) in [6.07, 6.45) is 4.35. The third kappa shape index (κ3) is 4.77. The molecule has 0 aromatic heterocycles. The van der Waals surface area contributed by atoms with Crippen molar-refractivity contribution in [1.82, 2.24) is 0 Å². The molecule has 0 saturated carbocycles. The molecule has 0 amide bonds. The van der Waals surface area contributed by atoms with Crippen molar-refractivity contribution in [3.05, 3.63) is 181 Å². The van der Waals surface area contributed by atoms with Crippen LogP contribution in [0.25, 0.3) is 77.9 Å². The zero-order chi connectivity index (χ0) is 29.3. The molecule has 0 heteroatoms. The Balaban J connectivity index is 1.23. The van der Waals surface area contributed by atoms with Gasteiger partial charge in [0.05, 0.1) is 0 Å². The van der Waals surface area contributed by atoms with Gasteiger partial charge in [-0.1, -0.05) is 170 Å². The molecule has 0 aliphatic carbocycles. The second-order valence-corrected chi connectivity index (χ2v) is 11.3. The molecule has 8 aromatic rings. The van der Waals surface area contributed by atoms with Gasteiger partial charge in [0.2, 0.25) is 0 Å². The average Bonchev–Trinajstić information content (AvgIpc) is 3.10. The molecule has 0 heterocycles. The van der Waals surface area contributed by atoms with E-state index in [1.165, 1.54) is 76.8 Å². The Morgan fingerprint density at radius 2 is 0.773 bits per heavy atom.